The SMILES string of the molecule is C=CCN(Cc1ccc(Cl)s1)C(=O)n1ccnc1. The number of nitrogens with zero attached hydrogens (tertiary/aromatic N) is 3. The Kier molecular flexibility index (Phi) is 4.17. The van der Waals surface area contributed by atoms with E-state index < -0.39 is 0 Å². The van der Waals surface area contributed by atoms with Crippen LogP contribution in [0.2, 0.25) is 4.34 Å². The summed E-state index contributed by atoms with van der Waals surface area (Å²) in [4.78, 5) is 18.8. The molecule has 0 bridgehead atoms. The predicted molar refractivity (Wildman–Crippen MR) is 73.0 cm³/mol. The highest BCUT2D eigenvalue weighted by Crippen LogP contribution is 2.22. The van der Waals surface area contributed by atoms with Crippen LogP contribution >= 0.6 is 22.9 Å². The van der Waals surface area contributed by atoms with Crippen LogP contribution in [0.15, 0.2) is 43.5 Å². The number of thiophene rings is 1. The summed E-state index contributed by atoms with van der Waals surface area (Å²) in [6.45, 7) is 4.66. The molecule has 1 amide bonds. The van der Waals surface area contributed by atoms with E-state index in [1.807, 2.05) is 12.1 Å². The Bertz CT molecular complexity index is 535. The molecule has 0 fully saturated rings. The van der Waals surface area contributed by atoms with Crippen LogP contribution < -0.4 is 0 Å². The van der Waals surface area contributed by atoms with Gasteiger partial charge in [0.2, 0.25) is 0 Å². The van der Waals surface area contributed by atoms with Gasteiger partial charge in [-0.2, -0.15) is 0 Å². The molecule has 0 N–H and O–H groups in total. The maximum absolute atomic E-state index is 12.2. The maximum atomic E-state index is 12.2. The molecule has 0 aliphatic heterocycles. The molecule has 0 saturated heterocycles. The molecule has 0 atom stereocenters. The van der Waals surface area contributed by atoms with E-state index in [0.717, 1.165) is 9.21 Å². The summed E-state index contributed by atoms with van der Waals surface area (Å²) in [6.07, 6.45) is 6.38. The summed E-state index contributed by atoms with van der Waals surface area (Å²) < 4.78 is 2.16. The predicted octanol–water partition coefficient (Wildman–Crippen LogP) is 3.25. The third-order valence-electron chi connectivity index (χ3n) is 2.32. The Morgan fingerprint density at radius 3 is 3.00 bits per heavy atom. The third-order valence-corrected chi connectivity index (χ3v) is 3.54. The molecule has 0 spiro atoms. The quantitative estimate of drug-likeness (QED) is 0.807. The van der Waals surface area contributed by atoms with Gasteiger partial charge in [0.15, 0.2) is 0 Å². The van der Waals surface area contributed by atoms with Crippen LogP contribution in [0.5, 0.6) is 0 Å². The van der Waals surface area contributed by atoms with E-state index in [1.54, 1.807) is 23.4 Å². The minimum atomic E-state index is -0.128. The highest BCUT2D eigenvalue weighted by molar-refractivity contribution is 7.16. The minimum absolute atomic E-state index is 0.128. The first kappa shape index (κ1) is 12.9. The number of rotatable bonds is 4. The van der Waals surface area contributed by atoms with Gasteiger partial charge in [-0.25, -0.2) is 9.78 Å². The van der Waals surface area contributed by atoms with Gasteiger partial charge in [-0.15, -0.1) is 17.9 Å². The minimum Gasteiger partial charge on any atom is -0.315 e. The topological polar surface area (TPSA) is 38.1 Å². The van der Waals surface area contributed by atoms with Crippen molar-refractivity contribution in [2.75, 3.05) is 6.54 Å². The summed E-state index contributed by atoms with van der Waals surface area (Å²) in [5.74, 6) is 0. The average Bonchev–Trinajstić information content (AvgIpc) is 2.99. The van der Waals surface area contributed by atoms with E-state index in [9.17, 15) is 4.79 Å². The first-order valence-corrected chi connectivity index (χ1v) is 6.52. The van der Waals surface area contributed by atoms with Crippen molar-refractivity contribution in [2.24, 2.45) is 0 Å². The molecular weight excluding hydrogens is 270 g/mol. The zero-order valence-electron chi connectivity index (χ0n) is 9.62. The van der Waals surface area contributed by atoms with Crippen molar-refractivity contribution in [3.63, 3.8) is 0 Å². The summed E-state index contributed by atoms with van der Waals surface area (Å²) in [6, 6.07) is 3.62. The summed E-state index contributed by atoms with van der Waals surface area (Å²) in [5, 5.41) is 0. The number of halogens is 1. The van der Waals surface area contributed by atoms with Crippen molar-refractivity contribution in [1.82, 2.24) is 14.5 Å². The number of hydrogen-bond acceptors (Lipinski definition) is 3. The molecule has 2 heterocycles. The van der Waals surface area contributed by atoms with Crippen LogP contribution in [0, 0.1) is 0 Å². The molecule has 18 heavy (non-hydrogen) atoms. The first-order chi connectivity index (χ1) is 8.70. The molecule has 0 unspecified atom stereocenters. The van der Waals surface area contributed by atoms with Gasteiger partial charge in [0, 0.05) is 23.8 Å². The van der Waals surface area contributed by atoms with Gasteiger partial charge in [0.25, 0.3) is 0 Å². The van der Waals surface area contributed by atoms with Crippen LogP contribution in [-0.4, -0.2) is 27.0 Å². The Morgan fingerprint density at radius 2 is 2.44 bits per heavy atom. The molecule has 2 aromatic heterocycles. The molecule has 6 heteroatoms. The van der Waals surface area contributed by atoms with Crippen molar-refractivity contribution in [1.29, 1.82) is 0 Å². The van der Waals surface area contributed by atoms with Crippen LogP contribution in [0.3, 0.4) is 0 Å². The molecule has 2 aromatic rings. The lowest BCUT2D eigenvalue weighted by Crippen LogP contribution is -2.33. The monoisotopic (exact) mass is 281 g/mol. The highest BCUT2D eigenvalue weighted by atomic mass is 35.5. The number of carbonyl (C=O) groups excluding carboxylic acids is 1. The van der Waals surface area contributed by atoms with Gasteiger partial charge in [0.1, 0.15) is 6.33 Å². The van der Waals surface area contributed by atoms with E-state index in [1.165, 1.54) is 22.2 Å². The third kappa shape index (κ3) is 3.00. The average molecular weight is 282 g/mol. The summed E-state index contributed by atoms with van der Waals surface area (Å²) >= 11 is 7.35. The zero-order chi connectivity index (χ0) is 13.0. The molecule has 0 saturated carbocycles. The van der Waals surface area contributed by atoms with Crippen LogP contribution in [-0.2, 0) is 6.54 Å². The van der Waals surface area contributed by atoms with E-state index in [2.05, 4.69) is 11.6 Å². The van der Waals surface area contributed by atoms with E-state index in [0.29, 0.717) is 13.1 Å². The second-order valence-electron chi connectivity index (χ2n) is 3.63. The van der Waals surface area contributed by atoms with Gasteiger partial charge in [-0.05, 0) is 12.1 Å². The first-order valence-electron chi connectivity index (χ1n) is 5.33. The fourth-order valence-corrected chi connectivity index (χ4v) is 2.63. The van der Waals surface area contributed by atoms with Crippen molar-refractivity contribution >= 4 is 29.0 Å². The highest BCUT2D eigenvalue weighted by Gasteiger charge is 2.15. The number of aromatic nitrogens is 2. The van der Waals surface area contributed by atoms with Crippen molar-refractivity contribution in [2.45, 2.75) is 6.54 Å². The molecule has 94 valence electrons. The van der Waals surface area contributed by atoms with Crippen LogP contribution in [0.25, 0.3) is 0 Å². The molecule has 0 aliphatic carbocycles. The second-order valence-corrected chi connectivity index (χ2v) is 5.43. The van der Waals surface area contributed by atoms with Crippen molar-refractivity contribution < 1.29 is 4.79 Å². The number of carbonyl (C=O) groups is 1. The smallest absolute Gasteiger partial charge is 0.315 e. The summed E-state index contributed by atoms with van der Waals surface area (Å²) in [5.41, 5.74) is 0. The largest absolute Gasteiger partial charge is 0.330 e. The Hall–Kier alpha value is -1.59. The fraction of sp³-hybridized carbons (Fsp3) is 0.167. The number of hydrogen-bond donors (Lipinski definition) is 0. The standard InChI is InChI=1S/C12H12ClN3OS/c1-2-6-15(8-10-3-4-11(13)18-10)12(17)16-7-5-14-9-16/h2-5,7,9H,1,6,8H2. The molecule has 0 aliphatic rings. The van der Waals surface area contributed by atoms with Crippen molar-refractivity contribution in [3.8, 4) is 0 Å². The Labute approximate surface area is 114 Å². The molecule has 0 radical (unpaired) electrons. The lowest BCUT2D eigenvalue weighted by Gasteiger charge is -2.20. The second kappa shape index (κ2) is 5.84. The van der Waals surface area contributed by atoms with Crippen LogP contribution in [0.1, 0.15) is 4.88 Å². The normalized spacial score (nSPS) is 10.3. The Balaban J connectivity index is 2.13. The fourth-order valence-electron chi connectivity index (χ4n) is 1.53. The van der Waals surface area contributed by atoms with Gasteiger partial charge < -0.3 is 4.90 Å². The van der Waals surface area contributed by atoms with E-state index in [-0.39, 0.29) is 6.03 Å². The number of amides is 1. The van der Waals surface area contributed by atoms with Gasteiger partial charge in [0.05, 0.1) is 10.9 Å². The van der Waals surface area contributed by atoms with Crippen LogP contribution in [0.4, 0.5) is 4.79 Å². The Morgan fingerprint density at radius 1 is 1.61 bits per heavy atom. The number of imidazole rings is 1. The molecule has 2 rings (SSSR count). The molecular formula is C12H12ClN3OS. The summed E-state index contributed by atoms with van der Waals surface area (Å²) in [7, 11) is 0. The van der Waals surface area contributed by atoms with Gasteiger partial charge in [-0.3, -0.25) is 4.57 Å². The van der Waals surface area contributed by atoms with Crippen molar-refractivity contribution in [3.05, 3.63) is 52.7 Å². The lowest BCUT2D eigenvalue weighted by molar-refractivity contribution is 0.203. The van der Waals surface area contributed by atoms with E-state index >= 15 is 0 Å². The lowest BCUT2D eigenvalue weighted by atomic mass is 10.4. The van der Waals surface area contributed by atoms with Gasteiger partial charge >= 0.3 is 6.03 Å². The molecule has 0 aromatic carbocycles. The van der Waals surface area contributed by atoms with E-state index in [4.69, 9.17) is 11.6 Å². The molecule has 4 nitrogen and oxygen atoms in total. The maximum Gasteiger partial charge on any atom is 0.330 e. The van der Waals surface area contributed by atoms with Gasteiger partial charge in [-0.1, -0.05) is 17.7 Å². The zero-order valence-corrected chi connectivity index (χ0v) is 11.2.